The molecule has 0 unspecified atom stereocenters. The van der Waals surface area contributed by atoms with E-state index in [-0.39, 0.29) is 22.7 Å². The Labute approximate surface area is 166 Å². The van der Waals surface area contributed by atoms with Crippen LogP contribution in [0.1, 0.15) is 6.42 Å². The topological polar surface area (TPSA) is 86.7 Å². The summed E-state index contributed by atoms with van der Waals surface area (Å²) < 4.78 is 1.40. The molecular formula is C21H18ClN5O. The number of aromatic nitrogens is 4. The Balaban J connectivity index is 2.02. The van der Waals surface area contributed by atoms with Crippen LogP contribution in [0.5, 0.6) is 0 Å². The minimum atomic E-state index is -0.308. The summed E-state index contributed by atoms with van der Waals surface area (Å²) in [6.45, 7) is 0.389. The molecule has 7 heteroatoms. The first-order valence-electron chi connectivity index (χ1n) is 8.94. The number of benzene rings is 2. The van der Waals surface area contributed by atoms with Crippen LogP contribution in [-0.4, -0.2) is 25.4 Å². The van der Waals surface area contributed by atoms with Crippen LogP contribution in [0.3, 0.4) is 0 Å². The van der Waals surface area contributed by atoms with Gasteiger partial charge in [-0.05, 0) is 6.42 Å². The average Bonchev–Trinajstić information content (AvgIpc) is 2.74. The second kappa shape index (κ2) is 7.78. The van der Waals surface area contributed by atoms with Gasteiger partial charge in [0.25, 0.3) is 5.56 Å². The van der Waals surface area contributed by atoms with Gasteiger partial charge in [-0.25, -0.2) is 9.97 Å². The summed E-state index contributed by atoms with van der Waals surface area (Å²) in [6, 6.07) is 19.4. The third kappa shape index (κ3) is 3.34. The lowest BCUT2D eigenvalue weighted by Gasteiger charge is -2.12. The number of halogens is 1. The first kappa shape index (κ1) is 18.1. The molecule has 0 aliphatic carbocycles. The molecule has 4 rings (SSSR count). The maximum absolute atomic E-state index is 13.0. The van der Waals surface area contributed by atoms with Gasteiger partial charge in [-0.3, -0.25) is 9.36 Å². The van der Waals surface area contributed by atoms with Crippen LogP contribution in [0.2, 0.25) is 0 Å². The molecule has 0 saturated carbocycles. The van der Waals surface area contributed by atoms with Gasteiger partial charge < -0.3 is 5.73 Å². The lowest BCUT2D eigenvalue weighted by atomic mass is 10.0. The van der Waals surface area contributed by atoms with Crippen molar-refractivity contribution in [2.75, 3.05) is 11.6 Å². The summed E-state index contributed by atoms with van der Waals surface area (Å²) in [5.74, 6) is 0.543. The van der Waals surface area contributed by atoms with E-state index in [2.05, 4.69) is 15.0 Å². The number of nitrogens with two attached hydrogens (primary N) is 1. The number of hydrogen-bond donors (Lipinski definition) is 1. The summed E-state index contributed by atoms with van der Waals surface area (Å²) in [5, 5.41) is 0. The Hall–Kier alpha value is -3.25. The van der Waals surface area contributed by atoms with Crippen LogP contribution < -0.4 is 11.3 Å². The van der Waals surface area contributed by atoms with E-state index >= 15 is 0 Å². The highest BCUT2D eigenvalue weighted by molar-refractivity contribution is 6.17. The molecule has 0 bridgehead atoms. The van der Waals surface area contributed by atoms with Crippen LogP contribution in [0.15, 0.2) is 65.5 Å². The van der Waals surface area contributed by atoms with Crippen molar-refractivity contribution in [1.82, 2.24) is 19.5 Å². The third-order valence-corrected chi connectivity index (χ3v) is 4.70. The van der Waals surface area contributed by atoms with Crippen molar-refractivity contribution in [3.05, 3.63) is 71.0 Å². The van der Waals surface area contributed by atoms with Gasteiger partial charge in [0.1, 0.15) is 0 Å². The third-order valence-electron chi connectivity index (χ3n) is 4.43. The first-order valence-corrected chi connectivity index (χ1v) is 9.47. The van der Waals surface area contributed by atoms with Crippen LogP contribution in [0.25, 0.3) is 33.7 Å². The highest BCUT2D eigenvalue weighted by Crippen LogP contribution is 2.29. The molecule has 0 fully saturated rings. The number of nitrogens with zero attached hydrogens (tertiary/aromatic N) is 4. The quantitative estimate of drug-likeness (QED) is 0.524. The highest BCUT2D eigenvalue weighted by Gasteiger charge is 2.17. The van der Waals surface area contributed by atoms with Crippen molar-refractivity contribution in [3.63, 3.8) is 0 Å². The number of fused-ring (bicyclic) bond motifs is 1. The smallest absolute Gasteiger partial charge is 0.283 e. The highest BCUT2D eigenvalue weighted by atomic mass is 35.5. The van der Waals surface area contributed by atoms with Crippen molar-refractivity contribution < 1.29 is 0 Å². The maximum Gasteiger partial charge on any atom is 0.283 e. The van der Waals surface area contributed by atoms with Crippen molar-refractivity contribution >= 4 is 28.7 Å². The number of alkyl halides is 1. The molecule has 2 aromatic heterocycles. The molecule has 0 saturated heterocycles. The Bertz CT molecular complexity index is 1180. The summed E-state index contributed by atoms with van der Waals surface area (Å²) in [7, 11) is 0. The van der Waals surface area contributed by atoms with Crippen LogP contribution in [0.4, 0.5) is 5.95 Å². The van der Waals surface area contributed by atoms with Gasteiger partial charge in [0.2, 0.25) is 5.95 Å². The van der Waals surface area contributed by atoms with Gasteiger partial charge in [-0.1, -0.05) is 60.7 Å². The largest absolute Gasteiger partial charge is 0.369 e. The van der Waals surface area contributed by atoms with Crippen LogP contribution in [-0.2, 0) is 6.54 Å². The fourth-order valence-electron chi connectivity index (χ4n) is 3.08. The van der Waals surface area contributed by atoms with Crippen molar-refractivity contribution in [2.45, 2.75) is 13.0 Å². The van der Waals surface area contributed by atoms with Crippen LogP contribution in [0, 0.1) is 0 Å². The van der Waals surface area contributed by atoms with E-state index in [0.717, 1.165) is 11.1 Å². The Morgan fingerprint density at radius 3 is 2.00 bits per heavy atom. The van der Waals surface area contributed by atoms with Gasteiger partial charge in [-0.15, -0.1) is 11.6 Å². The second-order valence-electron chi connectivity index (χ2n) is 6.29. The van der Waals surface area contributed by atoms with E-state index in [4.69, 9.17) is 17.3 Å². The zero-order valence-corrected chi connectivity index (χ0v) is 15.8. The molecule has 0 amide bonds. The molecule has 4 aromatic rings. The Morgan fingerprint density at radius 1 is 0.857 bits per heavy atom. The number of rotatable bonds is 5. The lowest BCUT2D eigenvalue weighted by molar-refractivity contribution is 0.660. The van der Waals surface area contributed by atoms with E-state index < -0.39 is 0 Å². The lowest BCUT2D eigenvalue weighted by Crippen LogP contribution is -2.26. The predicted molar refractivity (Wildman–Crippen MR) is 112 cm³/mol. The molecule has 140 valence electrons. The molecule has 0 spiro atoms. The van der Waals surface area contributed by atoms with Crippen LogP contribution >= 0.6 is 11.6 Å². The molecular weight excluding hydrogens is 374 g/mol. The normalized spacial score (nSPS) is 11.0. The summed E-state index contributed by atoms with van der Waals surface area (Å²) in [6.07, 6.45) is 0.611. The van der Waals surface area contributed by atoms with E-state index in [1.54, 1.807) is 0 Å². The second-order valence-corrected chi connectivity index (χ2v) is 6.67. The van der Waals surface area contributed by atoms with Gasteiger partial charge >= 0.3 is 0 Å². The molecule has 0 radical (unpaired) electrons. The Morgan fingerprint density at radius 2 is 1.43 bits per heavy atom. The fraction of sp³-hybridized carbons (Fsp3) is 0.143. The average molecular weight is 392 g/mol. The molecule has 0 aliphatic heterocycles. The fourth-order valence-corrected chi connectivity index (χ4v) is 3.20. The molecule has 0 aliphatic rings. The number of hydrogen-bond acceptors (Lipinski definition) is 5. The molecule has 0 atom stereocenters. The molecule has 6 nitrogen and oxygen atoms in total. The standard InChI is InChI=1S/C21H18ClN5O/c22-12-7-13-27-20(28)18-19(26-21(27)23)25-17(15-10-5-2-6-11-15)16(24-18)14-8-3-1-4-9-14/h1-6,8-11H,7,12-13H2,(H2,23,25,26). The van der Waals surface area contributed by atoms with Gasteiger partial charge in [0.15, 0.2) is 11.2 Å². The van der Waals surface area contributed by atoms with Crippen molar-refractivity contribution in [3.8, 4) is 22.5 Å². The molecule has 2 aromatic carbocycles. The predicted octanol–water partition coefficient (Wildman–Crippen LogP) is 3.73. The van der Waals surface area contributed by atoms with E-state index in [1.165, 1.54) is 4.57 Å². The van der Waals surface area contributed by atoms with Gasteiger partial charge in [0, 0.05) is 23.6 Å². The monoisotopic (exact) mass is 391 g/mol. The number of nitrogen functional groups attached to an aromatic ring is 1. The zero-order chi connectivity index (χ0) is 19.5. The number of anilines is 1. The molecule has 2 heterocycles. The maximum atomic E-state index is 13.0. The van der Waals surface area contributed by atoms with Crippen molar-refractivity contribution in [1.29, 1.82) is 0 Å². The zero-order valence-electron chi connectivity index (χ0n) is 15.0. The summed E-state index contributed by atoms with van der Waals surface area (Å²) in [5.41, 5.74) is 9.19. The van der Waals surface area contributed by atoms with Gasteiger partial charge in [0.05, 0.1) is 11.4 Å². The van der Waals surface area contributed by atoms with Crippen molar-refractivity contribution in [2.24, 2.45) is 0 Å². The Kier molecular flexibility index (Phi) is 5.04. The molecule has 2 N–H and O–H groups in total. The minimum absolute atomic E-state index is 0.114. The van der Waals surface area contributed by atoms with Gasteiger partial charge in [-0.2, -0.15) is 4.98 Å². The SMILES string of the molecule is Nc1nc2nc(-c3ccccc3)c(-c3ccccc3)nc2c(=O)n1CCCCl. The first-order chi connectivity index (χ1) is 13.7. The van der Waals surface area contributed by atoms with E-state index in [9.17, 15) is 4.79 Å². The molecule has 28 heavy (non-hydrogen) atoms. The summed E-state index contributed by atoms with van der Waals surface area (Å²) >= 11 is 5.76. The summed E-state index contributed by atoms with van der Waals surface area (Å²) in [4.78, 5) is 26.7. The van der Waals surface area contributed by atoms with E-state index in [1.807, 2.05) is 60.7 Å². The minimum Gasteiger partial charge on any atom is -0.369 e. The van der Waals surface area contributed by atoms with E-state index in [0.29, 0.717) is 30.2 Å².